The zero-order valence-corrected chi connectivity index (χ0v) is 12.7. The molecule has 0 aromatic rings. The van der Waals surface area contributed by atoms with Gasteiger partial charge in [-0.25, -0.2) is 0 Å². The molecule has 0 amide bonds. The van der Waals surface area contributed by atoms with Crippen molar-refractivity contribution in [2.24, 2.45) is 23.7 Å². The highest BCUT2D eigenvalue weighted by Crippen LogP contribution is 2.38. The van der Waals surface area contributed by atoms with Crippen molar-refractivity contribution < 1.29 is 0 Å². The van der Waals surface area contributed by atoms with Gasteiger partial charge in [0.2, 0.25) is 0 Å². The van der Waals surface area contributed by atoms with Crippen LogP contribution < -0.4 is 0 Å². The number of hydrogen-bond acceptors (Lipinski definition) is 0. The summed E-state index contributed by atoms with van der Waals surface area (Å²) >= 11 is 0. The minimum atomic E-state index is 0.943. The van der Waals surface area contributed by atoms with E-state index >= 15 is 0 Å². The van der Waals surface area contributed by atoms with E-state index in [1.165, 1.54) is 57.8 Å². The van der Waals surface area contributed by atoms with Gasteiger partial charge in [-0.2, -0.15) is 0 Å². The van der Waals surface area contributed by atoms with Crippen LogP contribution >= 0.6 is 0 Å². The van der Waals surface area contributed by atoms with Crippen molar-refractivity contribution in [3.8, 4) is 0 Å². The van der Waals surface area contributed by atoms with Crippen LogP contribution in [0.25, 0.3) is 0 Å². The lowest BCUT2D eigenvalue weighted by atomic mass is 9.70. The molecule has 0 heteroatoms. The van der Waals surface area contributed by atoms with E-state index in [0.717, 1.165) is 23.7 Å². The zero-order chi connectivity index (χ0) is 12.7. The van der Waals surface area contributed by atoms with E-state index in [4.69, 9.17) is 0 Å². The Balaban J connectivity index is 2.48. The second-order valence-corrected chi connectivity index (χ2v) is 6.45. The quantitative estimate of drug-likeness (QED) is 0.506. The molecule has 0 aromatic carbocycles. The fourth-order valence-electron chi connectivity index (χ4n) is 3.93. The molecule has 0 aromatic heterocycles. The first-order valence-corrected chi connectivity index (χ1v) is 8.20. The van der Waals surface area contributed by atoms with Gasteiger partial charge >= 0.3 is 0 Å². The number of rotatable bonds is 7. The Labute approximate surface area is 110 Å². The van der Waals surface area contributed by atoms with Gasteiger partial charge in [0.05, 0.1) is 0 Å². The summed E-state index contributed by atoms with van der Waals surface area (Å²) in [4.78, 5) is 0. The molecule has 1 aliphatic carbocycles. The average molecular weight is 238 g/mol. The first-order valence-electron chi connectivity index (χ1n) is 8.20. The smallest absolute Gasteiger partial charge is 0.0386 e. The van der Waals surface area contributed by atoms with Gasteiger partial charge in [0.1, 0.15) is 0 Å². The molecule has 0 aliphatic heterocycles. The van der Waals surface area contributed by atoms with Gasteiger partial charge in [-0.3, -0.25) is 0 Å². The van der Waals surface area contributed by atoms with Crippen molar-refractivity contribution in [2.45, 2.75) is 85.5 Å². The molecule has 17 heavy (non-hydrogen) atoms. The monoisotopic (exact) mass is 238 g/mol. The van der Waals surface area contributed by atoms with Crippen LogP contribution in [0.2, 0.25) is 0 Å². The Morgan fingerprint density at radius 3 is 1.88 bits per heavy atom. The van der Waals surface area contributed by atoms with Crippen LogP contribution in [0.1, 0.15) is 85.5 Å². The lowest BCUT2D eigenvalue weighted by Crippen LogP contribution is -2.26. The average Bonchev–Trinajstić information content (AvgIpc) is 2.38. The van der Waals surface area contributed by atoms with Crippen molar-refractivity contribution in [3.63, 3.8) is 0 Å². The van der Waals surface area contributed by atoms with Gasteiger partial charge in [-0.15, -0.1) is 0 Å². The van der Waals surface area contributed by atoms with Crippen LogP contribution in [0.4, 0.5) is 0 Å². The lowest BCUT2D eigenvalue weighted by molar-refractivity contribution is 0.145. The molecular formula is C17H34. The summed E-state index contributed by atoms with van der Waals surface area (Å²) in [5, 5.41) is 0. The van der Waals surface area contributed by atoms with Crippen molar-refractivity contribution in [2.75, 3.05) is 0 Å². The Morgan fingerprint density at radius 2 is 1.41 bits per heavy atom. The number of hydrogen-bond donors (Lipinski definition) is 0. The van der Waals surface area contributed by atoms with E-state index in [0.29, 0.717) is 0 Å². The molecule has 2 atom stereocenters. The maximum atomic E-state index is 2.54. The second kappa shape index (κ2) is 8.16. The summed E-state index contributed by atoms with van der Waals surface area (Å²) in [6, 6.07) is 0. The Hall–Kier alpha value is 0. The summed E-state index contributed by atoms with van der Waals surface area (Å²) in [7, 11) is 0. The van der Waals surface area contributed by atoms with E-state index in [-0.39, 0.29) is 0 Å². The van der Waals surface area contributed by atoms with Crippen LogP contribution in [0, 0.1) is 23.7 Å². The van der Waals surface area contributed by atoms with E-state index in [1.54, 1.807) is 0 Å². The SMILES string of the molecule is CCCC(CCC)C(C)C(C)C1CCCCC1. The predicted octanol–water partition coefficient (Wildman–Crippen LogP) is 6.06. The van der Waals surface area contributed by atoms with Crippen LogP contribution in [-0.2, 0) is 0 Å². The molecule has 0 N–H and O–H groups in total. The third-order valence-corrected chi connectivity index (χ3v) is 5.29. The molecule has 1 rings (SSSR count). The maximum absolute atomic E-state index is 2.54. The zero-order valence-electron chi connectivity index (χ0n) is 12.7. The molecule has 0 radical (unpaired) electrons. The molecule has 1 saturated carbocycles. The molecular weight excluding hydrogens is 204 g/mol. The van der Waals surface area contributed by atoms with Crippen molar-refractivity contribution in [3.05, 3.63) is 0 Å². The Kier molecular flexibility index (Phi) is 7.23. The van der Waals surface area contributed by atoms with Crippen molar-refractivity contribution >= 4 is 0 Å². The van der Waals surface area contributed by atoms with E-state index in [1.807, 2.05) is 0 Å². The maximum Gasteiger partial charge on any atom is -0.0386 e. The second-order valence-electron chi connectivity index (χ2n) is 6.45. The molecule has 0 spiro atoms. The Bertz CT molecular complexity index is 172. The highest BCUT2D eigenvalue weighted by molar-refractivity contribution is 4.78. The highest BCUT2D eigenvalue weighted by Gasteiger charge is 2.28. The van der Waals surface area contributed by atoms with Gasteiger partial charge < -0.3 is 0 Å². The minimum absolute atomic E-state index is 0.943. The third-order valence-electron chi connectivity index (χ3n) is 5.29. The van der Waals surface area contributed by atoms with E-state index < -0.39 is 0 Å². The summed E-state index contributed by atoms with van der Waals surface area (Å²) in [5.41, 5.74) is 0. The normalized spacial score (nSPS) is 21.7. The van der Waals surface area contributed by atoms with Crippen LogP contribution in [0.5, 0.6) is 0 Å². The molecule has 102 valence electrons. The van der Waals surface area contributed by atoms with Crippen LogP contribution in [0.3, 0.4) is 0 Å². The largest absolute Gasteiger partial charge is 0.0654 e. The van der Waals surface area contributed by atoms with Gasteiger partial charge in [0.15, 0.2) is 0 Å². The highest BCUT2D eigenvalue weighted by atomic mass is 14.3. The topological polar surface area (TPSA) is 0 Å². The predicted molar refractivity (Wildman–Crippen MR) is 78.2 cm³/mol. The summed E-state index contributed by atoms with van der Waals surface area (Å²) < 4.78 is 0. The fraction of sp³-hybridized carbons (Fsp3) is 1.00. The van der Waals surface area contributed by atoms with Crippen molar-refractivity contribution in [1.29, 1.82) is 0 Å². The summed E-state index contributed by atoms with van der Waals surface area (Å²) in [6.07, 6.45) is 13.1. The molecule has 2 unspecified atom stereocenters. The minimum Gasteiger partial charge on any atom is -0.0654 e. The van der Waals surface area contributed by atoms with Gasteiger partial charge in [0, 0.05) is 0 Å². The van der Waals surface area contributed by atoms with Gasteiger partial charge in [-0.1, -0.05) is 85.5 Å². The molecule has 1 fully saturated rings. The summed E-state index contributed by atoms with van der Waals surface area (Å²) in [5.74, 6) is 3.92. The van der Waals surface area contributed by atoms with Gasteiger partial charge in [-0.05, 0) is 23.7 Å². The molecule has 0 bridgehead atoms. The van der Waals surface area contributed by atoms with Crippen LogP contribution in [-0.4, -0.2) is 0 Å². The van der Waals surface area contributed by atoms with Crippen LogP contribution in [0.15, 0.2) is 0 Å². The first kappa shape index (κ1) is 15.1. The van der Waals surface area contributed by atoms with Gasteiger partial charge in [0.25, 0.3) is 0 Å². The van der Waals surface area contributed by atoms with E-state index in [9.17, 15) is 0 Å². The summed E-state index contributed by atoms with van der Waals surface area (Å²) in [6.45, 7) is 9.77. The lowest BCUT2D eigenvalue weighted by Gasteiger charge is -2.36. The van der Waals surface area contributed by atoms with Crippen molar-refractivity contribution in [1.82, 2.24) is 0 Å². The molecule has 0 nitrogen and oxygen atoms in total. The first-order chi connectivity index (χ1) is 8.20. The molecule has 1 aliphatic rings. The van der Waals surface area contributed by atoms with E-state index in [2.05, 4.69) is 27.7 Å². The fourth-order valence-corrected chi connectivity index (χ4v) is 3.93. The molecule has 0 saturated heterocycles. The standard InChI is InChI=1S/C17H34/c1-5-10-16(11-6-2)14(3)15(4)17-12-8-7-9-13-17/h14-17H,5-13H2,1-4H3. The third kappa shape index (κ3) is 4.64. The molecule has 0 heterocycles. The Morgan fingerprint density at radius 1 is 0.882 bits per heavy atom.